The lowest BCUT2D eigenvalue weighted by atomic mass is 10.1. The number of fused-ring (bicyclic) bond motifs is 1. The fourth-order valence-electron chi connectivity index (χ4n) is 4.52. The van der Waals surface area contributed by atoms with Gasteiger partial charge in [0.25, 0.3) is 0 Å². The SMILES string of the molecule is COc1cccc(Oc2nc(N3CCN(C)CC3)nc3c2CN(Cc2ccc(C)cc2)CC3)c1. The Kier molecular flexibility index (Phi) is 6.65. The van der Waals surface area contributed by atoms with Gasteiger partial charge in [-0.05, 0) is 31.7 Å². The number of likely N-dealkylation sites (N-methyl/N-ethyl adjacent to an activating group) is 1. The molecule has 3 heterocycles. The third-order valence-electron chi connectivity index (χ3n) is 6.66. The van der Waals surface area contributed by atoms with Gasteiger partial charge in [-0.3, -0.25) is 4.90 Å². The molecule has 1 fully saturated rings. The Balaban J connectivity index is 1.44. The molecular weight excluding hydrogens is 426 g/mol. The summed E-state index contributed by atoms with van der Waals surface area (Å²) >= 11 is 0. The number of hydrogen-bond donors (Lipinski definition) is 0. The van der Waals surface area contributed by atoms with Crippen molar-refractivity contribution >= 4 is 5.95 Å². The molecule has 7 nitrogen and oxygen atoms in total. The first kappa shape index (κ1) is 22.6. The van der Waals surface area contributed by atoms with E-state index in [1.807, 2.05) is 24.3 Å². The lowest BCUT2D eigenvalue weighted by molar-refractivity contribution is 0.238. The van der Waals surface area contributed by atoms with Gasteiger partial charge in [0.15, 0.2) is 0 Å². The van der Waals surface area contributed by atoms with Crippen molar-refractivity contribution in [1.29, 1.82) is 0 Å². The molecule has 0 unspecified atom stereocenters. The molecular formula is C27H33N5O2. The second kappa shape index (κ2) is 9.99. The molecule has 0 saturated carbocycles. The van der Waals surface area contributed by atoms with Crippen molar-refractivity contribution in [2.75, 3.05) is 51.8 Å². The van der Waals surface area contributed by atoms with E-state index in [2.05, 4.69) is 52.9 Å². The summed E-state index contributed by atoms with van der Waals surface area (Å²) in [6, 6.07) is 16.5. The second-order valence-electron chi connectivity index (χ2n) is 9.27. The number of aryl methyl sites for hydroxylation is 1. The van der Waals surface area contributed by atoms with Crippen molar-refractivity contribution in [1.82, 2.24) is 19.8 Å². The maximum Gasteiger partial charge on any atom is 0.228 e. The van der Waals surface area contributed by atoms with E-state index >= 15 is 0 Å². The minimum absolute atomic E-state index is 0.654. The Morgan fingerprint density at radius 2 is 1.68 bits per heavy atom. The molecule has 3 aromatic rings. The summed E-state index contributed by atoms with van der Waals surface area (Å²) < 4.78 is 11.8. The molecule has 0 amide bonds. The summed E-state index contributed by atoms with van der Waals surface area (Å²) in [4.78, 5) is 17.0. The number of hydrogen-bond acceptors (Lipinski definition) is 7. The number of aromatic nitrogens is 2. The van der Waals surface area contributed by atoms with Crippen molar-refractivity contribution < 1.29 is 9.47 Å². The topological polar surface area (TPSA) is 54.0 Å². The maximum absolute atomic E-state index is 6.39. The predicted octanol–water partition coefficient (Wildman–Crippen LogP) is 3.90. The molecule has 0 bridgehead atoms. The Hall–Kier alpha value is -3.16. The molecule has 2 aromatic carbocycles. The molecule has 0 N–H and O–H groups in total. The number of ether oxygens (including phenoxy) is 2. The zero-order valence-electron chi connectivity index (χ0n) is 20.3. The average Bonchev–Trinajstić information content (AvgIpc) is 2.86. The molecule has 1 aromatic heterocycles. The summed E-state index contributed by atoms with van der Waals surface area (Å²) in [6.45, 7) is 8.63. The van der Waals surface area contributed by atoms with Crippen molar-refractivity contribution in [3.05, 3.63) is 70.9 Å². The first-order chi connectivity index (χ1) is 16.6. The molecule has 0 atom stereocenters. The highest BCUT2D eigenvalue weighted by molar-refractivity contribution is 5.45. The van der Waals surface area contributed by atoms with Crippen molar-refractivity contribution in [3.8, 4) is 17.4 Å². The Morgan fingerprint density at radius 1 is 0.912 bits per heavy atom. The van der Waals surface area contributed by atoms with Crippen LogP contribution in [0.5, 0.6) is 17.4 Å². The van der Waals surface area contributed by atoms with E-state index in [1.165, 1.54) is 11.1 Å². The number of benzene rings is 2. The van der Waals surface area contributed by atoms with Crippen LogP contribution in [0.25, 0.3) is 0 Å². The number of methoxy groups -OCH3 is 1. The molecule has 178 valence electrons. The van der Waals surface area contributed by atoms with Crippen LogP contribution in [-0.2, 0) is 19.5 Å². The molecule has 0 radical (unpaired) electrons. The number of nitrogens with zero attached hydrogens (tertiary/aromatic N) is 5. The van der Waals surface area contributed by atoms with Crippen LogP contribution in [0, 0.1) is 6.92 Å². The van der Waals surface area contributed by atoms with Crippen LogP contribution in [0.15, 0.2) is 48.5 Å². The second-order valence-corrected chi connectivity index (χ2v) is 9.27. The molecule has 0 aliphatic carbocycles. The van der Waals surface area contributed by atoms with Crippen LogP contribution in [0.4, 0.5) is 5.95 Å². The van der Waals surface area contributed by atoms with E-state index < -0.39 is 0 Å². The summed E-state index contributed by atoms with van der Waals surface area (Å²) in [5.41, 5.74) is 4.78. The van der Waals surface area contributed by atoms with Gasteiger partial charge in [-0.1, -0.05) is 35.9 Å². The fraction of sp³-hybridized carbons (Fsp3) is 0.407. The van der Waals surface area contributed by atoms with Crippen LogP contribution in [0.3, 0.4) is 0 Å². The monoisotopic (exact) mass is 459 g/mol. The van der Waals surface area contributed by atoms with Gasteiger partial charge in [0.2, 0.25) is 11.8 Å². The van der Waals surface area contributed by atoms with Gasteiger partial charge in [0.05, 0.1) is 18.4 Å². The normalized spacial score (nSPS) is 16.9. The Bertz CT molecular complexity index is 1130. The van der Waals surface area contributed by atoms with Gasteiger partial charge in [0, 0.05) is 58.3 Å². The van der Waals surface area contributed by atoms with Gasteiger partial charge in [-0.25, -0.2) is 4.98 Å². The minimum atomic E-state index is 0.654. The number of piperazine rings is 1. The minimum Gasteiger partial charge on any atom is -0.497 e. The van der Waals surface area contributed by atoms with Gasteiger partial charge >= 0.3 is 0 Å². The fourth-order valence-corrected chi connectivity index (χ4v) is 4.52. The highest BCUT2D eigenvalue weighted by Crippen LogP contribution is 2.33. The maximum atomic E-state index is 6.39. The molecule has 7 heteroatoms. The molecule has 34 heavy (non-hydrogen) atoms. The molecule has 5 rings (SSSR count). The first-order valence-electron chi connectivity index (χ1n) is 12.0. The molecule has 0 spiro atoms. The van der Waals surface area contributed by atoms with Gasteiger partial charge in [0.1, 0.15) is 11.5 Å². The first-order valence-corrected chi connectivity index (χ1v) is 12.0. The lowest BCUT2D eigenvalue weighted by Gasteiger charge is -2.34. The summed E-state index contributed by atoms with van der Waals surface area (Å²) in [5.74, 6) is 2.92. The molecule has 2 aliphatic rings. The van der Waals surface area contributed by atoms with Crippen LogP contribution in [0.2, 0.25) is 0 Å². The summed E-state index contributed by atoms with van der Waals surface area (Å²) in [5, 5.41) is 0. The Labute approximate surface area is 201 Å². The van der Waals surface area contributed by atoms with E-state index in [0.717, 1.165) is 80.9 Å². The van der Waals surface area contributed by atoms with Gasteiger partial charge in [-0.2, -0.15) is 4.98 Å². The third-order valence-corrected chi connectivity index (χ3v) is 6.66. The van der Waals surface area contributed by atoms with Crippen molar-refractivity contribution in [2.24, 2.45) is 0 Å². The predicted molar refractivity (Wildman–Crippen MR) is 134 cm³/mol. The van der Waals surface area contributed by atoms with Gasteiger partial charge < -0.3 is 19.3 Å². The average molecular weight is 460 g/mol. The van der Waals surface area contributed by atoms with E-state index in [0.29, 0.717) is 5.88 Å². The smallest absolute Gasteiger partial charge is 0.228 e. The van der Waals surface area contributed by atoms with Crippen LogP contribution < -0.4 is 14.4 Å². The van der Waals surface area contributed by atoms with E-state index in [4.69, 9.17) is 19.4 Å². The zero-order chi connectivity index (χ0) is 23.5. The highest BCUT2D eigenvalue weighted by Gasteiger charge is 2.26. The number of rotatable bonds is 6. The van der Waals surface area contributed by atoms with E-state index in [-0.39, 0.29) is 0 Å². The molecule has 1 saturated heterocycles. The van der Waals surface area contributed by atoms with Crippen LogP contribution >= 0.6 is 0 Å². The lowest BCUT2D eigenvalue weighted by Crippen LogP contribution is -2.45. The molecule has 2 aliphatic heterocycles. The largest absolute Gasteiger partial charge is 0.497 e. The van der Waals surface area contributed by atoms with Gasteiger partial charge in [-0.15, -0.1) is 0 Å². The third kappa shape index (κ3) is 5.16. The summed E-state index contributed by atoms with van der Waals surface area (Å²) in [6.07, 6.45) is 0.888. The van der Waals surface area contributed by atoms with E-state index in [9.17, 15) is 0 Å². The van der Waals surface area contributed by atoms with Crippen LogP contribution in [-0.4, -0.2) is 66.6 Å². The highest BCUT2D eigenvalue weighted by atomic mass is 16.5. The Morgan fingerprint density at radius 3 is 2.44 bits per heavy atom. The van der Waals surface area contributed by atoms with E-state index in [1.54, 1.807) is 7.11 Å². The number of anilines is 1. The summed E-state index contributed by atoms with van der Waals surface area (Å²) in [7, 11) is 3.82. The van der Waals surface area contributed by atoms with Crippen molar-refractivity contribution in [3.63, 3.8) is 0 Å². The van der Waals surface area contributed by atoms with Crippen molar-refractivity contribution in [2.45, 2.75) is 26.4 Å². The standard InChI is InChI=1S/C27H33N5O2/c1-20-7-9-21(10-8-20)18-31-12-11-25-24(19-31)26(34-23-6-4-5-22(17-23)33-3)29-27(28-25)32-15-13-30(2)14-16-32/h4-10,17H,11-16,18-19H2,1-3H3. The zero-order valence-corrected chi connectivity index (χ0v) is 20.3. The quantitative estimate of drug-likeness (QED) is 0.554. The van der Waals surface area contributed by atoms with Crippen LogP contribution in [0.1, 0.15) is 22.4 Å².